The smallest absolute Gasteiger partial charge is 0.273 e. The van der Waals surface area contributed by atoms with Gasteiger partial charge in [0.1, 0.15) is 0 Å². The fourth-order valence-corrected chi connectivity index (χ4v) is 3.57. The highest BCUT2D eigenvalue weighted by Gasteiger charge is 2.19. The minimum atomic E-state index is -0.490. The Hall–Kier alpha value is -2.80. The third-order valence-electron chi connectivity index (χ3n) is 3.79. The summed E-state index contributed by atoms with van der Waals surface area (Å²) in [7, 11) is 0. The maximum Gasteiger partial charge on any atom is 0.273 e. The van der Waals surface area contributed by atoms with Crippen LogP contribution in [0.5, 0.6) is 0 Å². The van der Waals surface area contributed by atoms with Crippen molar-refractivity contribution in [3.63, 3.8) is 0 Å². The number of nitrogens with zero attached hydrogens (tertiary/aromatic N) is 2. The molecule has 0 spiro atoms. The molecule has 2 aromatic carbocycles. The van der Waals surface area contributed by atoms with Crippen LogP contribution in [-0.4, -0.2) is 15.8 Å². The Morgan fingerprint density at radius 1 is 1.25 bits per heavy atom. The van der Waals surface area contributed by atoms with Gasteiger partial charge in [0.15, 0.2) is 5.13 Å². The van der Waals surface area contributed by atoms with E-state index in [9.17, 15) is 14.9 Å². The van der Waals surface area contributed by atoms with Gasteiger partial charge >= 0.3 is 0 Å². The van der Waals surface area contributed by atoms with E-state index in [1.165, 1.54) is 23.5 Å². The minimum Gasteiger partial charge on any atom is -0.298 e. The molecule has 0 saturated carbocycles. The zero-order valence-electron chi connectivity index (χ0n) is 13.4. The average Bonchev–Trinajstić information content (AvgIpc) is 2.89. The van der Waals surface area contributed by atoms with Crippen LogP contribution in [0.3, 0.4) is 0 Å². The summed E-state index contributed by atoms with van der Waals surface area (Å²) in [5.41, 5.74) is 3.60. The number of nitro groups is 1. The Morgan fingerprint density at radius 2 is 2.00 bits per heavy atom. The number of carbonyl (C=O) groups excluding carboxylic acids is 1. The van der Waals surface area contributed by atoms with E-state index in [4.69, 9.17) is 0 Å². The van der Waals surface area contributed by atoms with Crippen LogP contribution < -0.4 is 5.32 Å². The van der Waals surface area contributed by atoms with Crippen LogP contribution in [0.4, 0.5) is 10.8 Å². The summed E-state index contributed by atoms with van der Waals surface area (Å²) in [5.74, 6) is -0.398. The molecule has 1 heterocycles. The lowest BCUT2D eigenvalue weighted by Gasteiger charge is -2.05. The highest BCUT2D eigenvalue weighted by molar-refractivity contribution is 7.22. The number of rotatable bonds is 3. The number of carbonyl (C=O) groups is 1. The zero-order chi connectivity index (χ0) is 17.4. The number of amides is 1. The fourth-order valence-electron chi connectivity index (χ4n) is 2.66. The number of hydrogen-bond donors (Lipinski definition) is 1. The van der Waals surface area contributed by atoms with Gasteiger partial charge in [-0.2, -0.15) is 0 Å². The lowest BCUT2D eigenvalue weighted by molar-refractivity contribution is -0.385. The van der Waals surface area contributed by atoms with E-state index in [2.05, 4.69) is 16.4 Å². The van der Waals surface area contributed by atoms with Gasteiger partial charge in [-0.3, -0.25) is 20.2 Å². The lowest BCUT2D eigenvalue weighted by Crippen LogP contribution is -2.13. The Bertz CT molecular complexity index is 979. The molecular formula is C17H15N3O3S. The van der Waals surface area contributed by atoms with Gasteiger partial charge in [-0.05, 0) is 44.0 Å². The van der Waals surface area contributed by atoms with Crippen LogP contribution in [0.25, 0.3) is 10.2 Å². The predicted molar refractivity (Wildman–Crippen MR) is 94.9 cm³/mol. The Labute approximate surface area is 142 Å². The topological polar surface area (TPSA) is 85.1 Å². The SMILES string of the molecule is Cc1cc(C)c2sc(NC(=O)c3cccc([N+](=O)[O-])c3C)nc2c1. The van der Waals surface area contributed by atoms with Crippen molar-refractivity contribution < 1.29 is 9.72 Å². The molecule has 0 aliphatic carbocycles. The average molecular weight is 341 g/mol. The van der Waals surface area contributed by atoms with E-state index in [-0.39, 0.29) is 11.3 Å². The molecule has 0 unspecified atom stereocenters. The summed E-state index contributed by atoms with van der Waals surface area (Å²) in [6.45, 7) is 5.57. The number of nitrogens with one attached hydrogen (secondary N) is 1. The molecule has 3 aromatic rings. The Kier molecular flexibility index (Phi) is 4.02. The van der Waals surface area contributed by atoms with Crippen LogP contribution >= 0.6 is 11.3 Å². The van der Waals surface area contributed by atoms with E-state index >= 15 is 0 Å². The second-order valence-corrected chi connectivity index (χ2v) is 6.61. The maximum absolute atomic E-state index is 12.5. The van der Waals surface area contributed by atoms with Crippen molar-refractivity contribution in [3.05, 3.63) is 62.7 Å². The first-order valence-electron chi connectivity index (χ1n) is 7.30. The van der Waals surface area contributed by atoms with Gasteiger partial charge in [0, 0.05) is 17.2 Å². The number of nitro benzene ring substituents is 1. The molecule has 0 fully saturated rings. The molecular weight excluding hydrogens is 326 g/mol. The van der Waals surface area contributed by atoms with E-state index in [1.807, 2.05) is 19.9 Å². The van der Waals surface area contributed by atoms with Gasteiger partial charge in [-0.15, -0.1) is 0 Å². The second-order valence-electron chi connectivity index (χ2n) is 5.61. The fraction of sp³-hybridized carbons (Fsp3) is 0.176. The summed E-state index contributed by atoms with van der Waals surface area (Å²) in [4.78, 5) is 27.4. The molecule has 0 radical (unpaired) electrons. The molecule has 0 saturated heterocycles. The molecule has 24 heavy (non-hydrogen) atoms. The number of anilines is 1. The number of benzene rings is 2. The first kappa shape index (κ1) is 16.1. The van der Waals surface area contributed by atoms with Gasteiger partial charge in [0.2, 0.25) is 0 Å². The summed E-state index contributed by atoms with van der Waals surface area (Å²) in [5, 5.41) is 14.2. The molecule has 6 nitrogen and oxygen atoms in total. The van der Waals surface area contributed by atoms with E-state index in [0.29, 0.717) is 10.7 Å². The van der Waals surface area contributed by atoms with Crippen LogP contribution in [-0.2, 0) is 0 Å². The summed E-state index contributed by atoms with van der Waals surface area (Å²) < 4.78 is 1.02. The highest BCUT2D eigenvalue weighted by atomic mass is 32.1. The van der Waals surface area contributed by atoms with Crippen LogP contribution in [0.1, 0.15) is 27.0 Å². The van der Waals surface area contributed by atoms with Crippen molar-refractivity contribution in [3.8, 4) is 0 Å². The first-order valence-corrected chi connectivity index (χ1v) is 8.11. The zero-order valence-corrected chi connectivity index (χ0v) is 14.2. The first-order chi connectivity index (χ1) is 11.4. The van der Waals surface area contributed by atoms with E-state index in [1.54, 1.807) is 13.0 Å². The van der Waals surface area contributed by atoms with Crippen LogP contribution in [0, 0.1) is 30.9 Å². The van der Waals surface area contributed by atoms with Gasteiger partial charge in [-0.25, -0.2) is 4.98 Å². The van der Waals surface area contributed by atoms with Crippen LogP contribution in [0.15, 0.2) is 30.3 Å². The number of aryl methyl sites for hydroxylation is 2. The van der Waals surface area contributed by atoms with Crippen molar-refractivity contribution in [2.45, 2.75) is 20.8 Å². The molecule has 122 valence electrons. The quantitative estimate of drug-likeness (QED) is 0.566. The maximum atomic E-state index is 12.5. The third-order valence-corrected chi connectivity index (χ3v) is 4.91. The largest absolute Gasteiger partial charge is 0.298 e. The van der Waals surface area contributed by atoms with Crippen molar-refractivity contribution in [1.29, 1.82) is 0 Å². The monoisotopic (exact) mass is 341 g/mol. The highest BCUT2D eigenvalue weighted by Crippen LogP contribution is 2.30. The molecule has 3 rings (SSSR count). The van der Waals surface area contributed by atoms with Gasteiger partial charge in [-0.1, -0.05) is 23.5 Å². The molecule has 0 aliphatic rings. The molecule has 1 aromatic heterocycles. The molecule has 7 heteroatoms. The van der Waals surface area contributed by atoms with E-state index < -0.39 is 10.8 Å². The second kappa shape index (κ2) is 6.01. The normalized spacial score (nSPS) is 10.8. The van der Waals surface area contributed by atoms with E-state index in [0.717, 1.165) is 21.3 Å². The Morgan fingerprint density at radius 3 is 2.71 bits per heavy atom. The van der Waals surface area contributed by atoms with Gasteiger partial charge in [0.25, 0.3) is 11.6 Å². The summed E-state index contributed by atoms with van der Waals surface area (Å²) in [6.07, 6.45) is 0. The van der Waals surface area contributed by atoms with Crippen molar-refractivity contribution in [2.24, 2.45) is 0 Å². The van der Waals surface area contributed by atoms with Gasteiger partial charge in [0.05, 0.1) is 15.1 Å². The predicted octanol–water partition coefficient (Wildman–Crippen LogP) is 4.38. The number of hydrogen-bond acceptors (Lipinski definition) is 5. The van der Waals surface area contributed by atoms with Crippen molar-refractivity contribution in [2.75, 3.05) is 5.32 Å². The number of fused-ring (bicyclic) bond motifs is 1. The van der Waals surface area contributed by atoms with Crippen LogP contribution in [0.2, 0.25) is 0 Å². The van der Waals surface area contributed by atoms with Gasteiger partial charge < -0.3 is 0 Å². The molecule has 0 bridgehead atoms. The summed E-state index contributed by atoms with van der Waals surface area (Å²) in [6, 6.07) is 8.49. The van der Waals surface area contributed by atoms with Crippen molar-refractivity contribution in [1.82, 2.24) is 4.98 Å². The molecule has 0 atom stereocenters. The number of aromatic nitrogens is 1. The lowest BCUT2D eigenvalue weighted by atomic mass is 10.1. The molecule has 1 amide bonds. The van der Waals surface area contributed by atoms with Crippen molar-refractivity contribution >= 4 is 38.3 Å². The number of thiazole rings is 1. The summed E-state index contributed by atoms with van der Waals surface area (Å²) >= 11 is 1.40. The standard InChI is InChI=1S/C17H15N3O3S/c1-9-7-10(2)15-13(8-9)18-17(24-15)19-16(21)12-5-4-6-14(11(12)3)20(22)23/h4-8H,1-3H3,(H,18,19,21). The third kappa shape index (κ3) is 2.85. The molecule has 1 N–H and O–H groups in total. The Balaban J connectivity index is 1.94. The minimum absolute atomic E-state index is 0.0709. The molecule has 0 aliphatic heterocycles.